The monoisotopic (exact) mass is 364 g/mol. The van der Waals surface area contributed by atoms with Crippen molar-refractivity contribution in [1.82, 2.24) is 19.6 Å². The third-order valence-corrected chi connectivity index (χ3v) is 4.91. The van der Waals surface area contributed by atoms with Gasteiger partial charge in [0.1, 0.15) is 0 Å². The number of carboxylic acid groups (broad SMARTS) is 1. The lowest BCUT2D eigenvalue weighted by molar-refractivity contribution is -0.133. The fourth-order valence-corrected chi connectivity index (χ4v) is 3.46. The summed E-state index contributed by atoms with van der Waals surface area (Å²) in [7, 11) is 0. The Kier molecular flexibility index (Phi) is 4.53. The standard InChI is InChI=1S/C19H16N4O2S/c24-17(25)12-26-19-20-15-9-5-4-8-14(15)18-21-16(22-23(18)19)11-10-13-6-2-1-3-7-13/h1-9H,10-12H2,(H,24,25). The smallest absolute Gasteiger partial charge is 0.313 e. The van der Waals surface area contributed by atoms with Gasteiger partial charge in [-0.2, -0.15) is 4.52 Å². The number of hydrogen-bond donors (Lipinski definition) is 1. The first kappa shape index (κ1) is 16.5. The molecule has 0 fully saturated rings. The molecule has 2 heterocycles. The Labute approximate surface area is 153 Å². The molecule has 4 rings (SSSR count). The number of rotatable bonds is 6. The van der Waals surface area contributed by atoms with Crippen molar-refractivity contribution < 1.29 is 9.90 Å². The van der Waals surface area contributed by atoms with E-state index in [1.165, 1.54) is 5.56 Å². The van der Waals surface area contributed by atoms with E-state index in [0.717, 1.165) is 34.9 Å². The van der Waals surface area contributed by atoms with Gasteiger partial charge in [0.15, 0.2) is 16.6 Å². The molecule has 6 nitrogen and oxygen atoms in total. The highest BCUT2D eigenvalue weighted by Crippen LogP contribution is 2.24. The molecular weight excluding hydrogens is 348 g/mol. The average molecular weight is 364 g/mol. The number of carbonyl (C=O) groups is 1. The van der Waals surface area contributed by atoms with Gasteiger partial charge in [-0.15, -0.1) is 5.10 Å². The summed E-state index contributed by atoms with van der Waals surface area (Å²) in [6.07, 6.45) is 1.56. The highest BCUT2D eigenvalue weighted by atomic mass is 32.2. The van der Waals surface area contributed by atoms with Crippen LogP contribution in [0.25, 0.3) is 16.6 Å². The summed E-state index contributed by atoms with van der Waals surface area (Å²) in [6.45, 7) is 0. The predicted octanol–water partition coefficient (Wildman–Crippen LogP) is 3.24. The Balaban J connectivity index is 1.73. The van der Waals surface area contributed by atoms with Gasteiger partial charge in [0.05, 0.1) is 11.3 Å². The minimum absolute atomic E-state index is 0.0698. The van der Waals surface area contributed by atoms with Gasteiger partial charge in [-0.1, -0.05) is 54.2 Å². The summed E-state index contributed by atoms with van der Waals surface area (Å²) in [6, 6.07) is 17.9. The molecule has 0 atom stereocenters. The quantitative estimate of drug-likeness (QED) is 0.418. The van der Waals surface area contributed by atoms with E-state index >= 15 is 0 Å². The molecule has 7 heteroatoms. The Bertz CT molecular complexity index is 1080. The van der Waals surface area contributed by atoms with Crippen molar-refractivity contribution >= 4 is 34.3 Å². The maximum atomic E-state index is 10.9. The molecular formula is C19H16N4O2S. The van der Waals surface area contributed by atoms with Gasteiger partial charge < -0.3 is 5.11 Å². The zero-order chi connectivity index (χ0) is 17.9. The number of aliphatic carboxylic acids is 1. The number of carboxylic acids is 1. The molecule has 0 amide bonds. The van der Waals surface area contributed by atoms with Gasteiger partial charge in [-0.25, -0.2) is 9.97 Å². The first-order chi connectivity index (χ1) is 12.7. The molecule has 0 unspecified atom stereocenters. The van der Waals surface area contributed by atoms with Gasteiger partial charge in [0.2, 0.25) is 0 Å². The molecule has 0 spiro atoms. The average Bonchev–Trinajstić information content (AvgIpc) is 3.10. The highest BCUT2D eigenvalue weighted by Gasteiger charge is 2.14. The molecule has 0 saturated heterocycles. The molecule has 0 aliphatic carbocycles. The Morgan fingerprint density at radius 1 is 1.00 bits per heavy atom. The van der Waals surface area contributed by atoms with E-state index in [2.05, 4.69) is 22.2 Å². The maximum absolute atomic E-state index is 10.9. The highest BCUT2D eigenvalue weighted by molar-refractivity contribution is 7.99. The van der Waals surface area contributed by atoms with Crippen molar-refractivity contribution in [2.45, 2.75) is 18.0 Å². The van der Waals surface area contributed by atoms with Crippen LogP contribution in [0.5, 0.6) is 0 Å². The van der Waals surface area contributed by atoms with Crippen LogP contribution in [0.1, 0.15) is 11.4 Å². The van der Waals surface area contributed by atoms with E-state index in [1.807, 2.05) is 42.5 Å². The number of aryl methyl sites for hydroxylation is 2. The molecule has 4 aromatic rings. The van der Waals surface area contributed by atoms with Crippen LogP contribution in [0, 0.1) is 0 Å². The molecule has 0 aliphatic heterocycles. The van der Waals surface area contributed by atoms with Gasteiger partial charge in [-0.3, -0.25) is 4.79 Å². The van der Waals surface area contributed by atoms with Crippen molar-refractivity contribution in [3.63, 3.8) is 0 Å². The molecule has 1 N–H and O–H groups in total. The summed E-state index contributed by atoms with van der Waals surface area (Å²) in [5.41, 5.74) is 2.73. The van der Waals surface area contributed by atoms with Crippen molar-refractivity contribution in [2.75, 3.05) is 5.75 Å². The van der Waals surface area contributed by atoms with E-state index in [-0.39, 0.29) is 5.75 Å². The van der Waals surface area contributed by atoms with E-state index in [0.29, 0.717) is 17.2 Å². The normalized spacial score (nSPS) is 11.2. The largest absolute Gasteiger partial charge is 0.481 e. The van der Waals surface area contributed by atoms with E-state index in [1.54, 1.807) is 4.52 Å². The third kappa shape index (κ3) is 3.39. The number of fused-ring (bicyclic) bond motifs is 3. The van der Waals surface area contributed by atoms with Crippen molar-refractivity contribution in [2.24, 2.45) is 0 Å². The van der Waals surface area contributed by atoms with Crippen LogP contribution in [-0.2, 0) is 17.6 Å². The second kappa shape index (κ2) is 7.13. The minimum Gasteiger partial charge on any atom is -0.481 e. The van der Waals surface area contributed by atoms with Crippen LogP contribution < -0.4 is 0 Å². The van der Waals surface area contributed by atoms with Gasteiger partial charge in [0.25, 0.3) is 0 Å². The van der Waals surface area contributed by atoms with E-state index in [9.17, 15) is 4.79 Å². The van der Waals surface area contributed by atoms with E-state index in [4.69, 9.17) is 10.1 Å². The molecule has 2 aromatic heterocycles. The van der Waals surface area contributed by atoms with Gasteiger partial charge >= 0.3 is 5.97 Å². The lowest BCUT2D eigenvalue weighted by Gasteiger charge is -2.04. The van der Waals surface area contributed by atoms with Crippen molar-refractivity contribution in [1.29, 1.82) is 0 Å². The Morgan fingerprint density at radius 2 is 1.77 bits per heavy atom. The number of nitrogens with zero attached hydrogens (tertiary/aromatic N) is 4. The number of thioether (sulfide) groups is 1. The molecule has 2 aromatic carbocycles. The summed E-state index contributed by atoms with van der Waals surface area (Å²) in [5, 5.41) is 15.0. The second-order valence-corrected chi connectivity index (χ2v) is 6.79. The first-order valence-electron chi connectivity index (χ1n) is 8.23. The minimum atomic E-state index is -0.887. The predicted molar refractivity (Wildman–Crippen MR) is 100 cm³/mol. The fourth-order valence-electron chi connectivity index (χ4n) is 2.80. The number of para-hydroxylation sites is 1. The Morgan fingerprint density at radius 3 is 2.58 bits per heavy atom. The van der Waals surface area contributed by atoms with Crippen molar-refractivity contribution in [3.8, 4) is 0 Å². The molecule has 0 saturated carbocycles. The van der Waals surface area contributed by atoms with Crippen LogP contribution in [0.15, 0.2) is 59.8 Å². The molecule has 0 aliphatic rings. The summed E-state index contributed by atoms with van der Waals surface area (Å²) < 4.78 is 1.66. The molecule has 130 valence electrons. The number of hydrogen-bond acceptors (Lipinski definition) is 5. The lowest BCUT2D eigenvalue weighted by Crippen LogP contribution is -2.03. The Hall–Kier alpha value is -2.93. The SMILES string of the molecule is O=C(O)CSc1nc2ccccc2c2nc(CCc3ccccc3)nn12. The zero-order valence-corrected chi connectivity index (χ0v) is 14.7. The summed E-state index contributed by atoms with van der Waals surface area (Å²) >= 11 is 1.15. The third-order valence-electron chi connectivity index (χ3n) is 4.00. The van der Waals surface area contributed by atoms with Crippen LogP contribution in [0.2, 0.25) is 0 Å². The fraction of sp³-hybridized carbons (Fsp3) is 0.158. The lowest BCUT2D eigenvalue weighted by atomic mass is 10.1. The van der Waals surface area contributed by atoms with E-state index < -0.39 is 5.97 Å². The summed E-state index contributed by atoms with van der Waals surface area (Å²) in [4.78, 5) is 20.2. The molecule has 26 heavy (non-hydrogen) atoms. The molecule has 0 radical (unpaired) electrons. The zero-order valence-electron chi connectivity index (χ0n) is 13.9. The van der Waals surface area contributed by atoms with Crippen molar-refractivity contribution in [3.05, 3.63) is 66.0 Å². The van der Waals surface area contributed by atoms with Gasteiger partial charge in [-0.05, 0) is 24.1 Å². The first-order valence-corrected chi connectivity index (χ1v) is 9.22. The maximum Gasteiger partial charge on any atom is 0.313 e. The topological polar surface area (TPSA) is 80.4 Å². The van der Waals surface area contributed by atoms with Crippen LogP contribution in [0.4, 0.5) is 0 Å². The van der Waals surface area contributed by atoms with Gasteiger partial charge in [0, 0.05) is 11.8 Å². The number of aromatic nitrogens is 4. The molecule has 0 bridgehead atoms. The summed E-state index contributed by atoms with van der Waals surface area (Å²) in [5.74, 6) is -0.230. The second-order valence-electron chi connectivity index (χ2n) is 5.84. The van der Waals surface area contributed by atoms with Crippen LogP contribution >= 0.6 is 11.8 Å². The van der Waals surface area contributed by atoms with Crippen LogP contribution in [0.3, 0.4) is 0 Å². The van der Waals surface area contributed by atoms with Crippen LogP contribution in [-0.4, -0.2) is 36.4 Å². The number of benzene rings is 2.